The highest BCUT2D eigenvalue weighted by molar-refractivity contribution is 5.85. The van der Waals surface area contributed by atoms with Crippen LogP contribution in [0.4, 0.5) is 0 Å². The maximum Gasteiger partial charge on any atom is 0.228 e. The third kappa shape index (κ3) is 2.80. The lowest BCUT2D eigenvalue weighted by molar-refractivity contribution is -0.159. The molecule has 1 aliphatic heterocycles. The minimum atomic E-state index is 0. The largest absolute Gasteiger partial charge is 0.342 e. The van der Waals surface area contributed by atoms with Crippen LogP contribution in [-0.2, 0) is 4.79 Å². The lowest BCUT2D eigenvalue weighted by Gasteiger charge is -2.57. The van der Waals surface area contributed by atoms with Crippen LogP contribution in [0.5, 0.6) is 0 Å². The van der Waals surface area contributed by atoms with Gasteiger partial charge in [0.1, 0.15) is 0 Å². The zero-order valence-corrected chi connectivity index (χ0v) is 14.5. The monoisotopic (exact) mass is 326 g/mol. The van der Waals surface area contributed by atoms with E-state index >= 15 is 0 Å². The highest BCUT2D eigenvalue weighted by Crippen LogP contribution is 2.60. The van der Waals surface area contributed by atoms with Gasteiger partial charge >= 0.3 is 0 Å². The Labute approximate surface area is 140 Å². The summed E-state index contributed by atoms with van der Waals surface area (Å²) >= 11 is 0. The van der Waals surface area contributed by atoms with E-state index in [2.05, 4.69) is 4.90 Å². The number of likely N-dealkylation sites (tertiary alicyclic amines) is 1. The topological polar surface area (TPSA) is 46.3 Å². The van der Waals surface area contributed by atoms with E-state index in [9.17, 15) is 4.79 Å². The number of rotatable bonds is 3. The van der Waals surface area contributed by atoms with Gasteiger partial charge in [-0.25, -0.2) is 0 Å². The predicted octanol–water partition coefficient (Wildman–Crippen LogP) is 3.21. The molecule has 0 aromatic rings. The second kappa shape index (κ2) is 6.32. The second-order valence-corrected chi connectivity index (χ2v) is 8.53. The summed E-state index contributed by atoms with van der Waals surface area (Å²) in [6.45, 7) is 2.75. The number of halogens is 1. The van der Waals surface area contributed by atoms with Crippen molar-refractivity contribution < 1.29 is 4.79 Å². The molecule has 0 aromatic carbocycles. The number of carbonyl (C=O) groups is 1. The highest BCUT2D eigenvalue weighted by atomic mass is 35.5. The number of nitrogens with zero attached hydrogens (tertiary/aromatic N) is 1. The number of carbonyl (C=O) groups excluding carboxylic acids is 1. The molecule has 4 saturated carbocycles. The van der Waals surface area contributed by atoms with Gasteiger partial charge in [-0.2, -0.15) is 0 Å². The molecule has 1 saturated heterocycles. The molecule has 126 valence electrons. The minimum Gasteiger partial charge on any atom is -0.342 e. The van der Waals surface area contributed by atoms with E-state index in [1.165, 1.54) is 51.4 Å². The van der Waals surface area contributed by atoms with Crippen molar-refractivity contribution in [2.75, 3.05) is 19.6 Å². The summed E-state index contributed by atoms with van der Waals surface area (Å²) in [5, 5.41) is 0. The van der Waals surface area contributed by atoms with Crippen LogP contribution < -0.4 is 5.73 Å². The van der Waals surface area contributed by atoms with Crippen molar-refractivity contribution in [3.8, 4) is 0 Å². The summed E-state index contributed by atoms with van der Waals surface area (Å²) in [6.07, 6.45) is 11.4. The molecule has 5 aliphatic rings. The van der Waals surface area contributed by atoms with Crippen molar-refractivity contribution in [3.05, 3.63) is 0 Å². The summed E-state index contributed by atoms with van der Waals surface area (Å²) in [5.41, 5.74) is 5.78. The van der Waals surface area contributed by atoms with Gasteiger partial charge in [0.15, 0.2) is 0 Å². The van der Waals surface area contributed by atoms with Crippen LogP contribution in [-0.4, -0.2) is 30.4 Å². The van der Waals surface area contributed by atoms with Gasteiger partial charge in [-0.1, -0.05) is 0 Å². The number of amides is 1. The SMILES string of the molecule is Cl.NCCC1CCCN(C(=O)C23CC4CC(CC(C4)C2)C3)C1. The Bertz CT molecular complexity index is 388. The summed E-state index contributed by atoms with van der Waals surface area (Å²) in [4.78, 5) is 15.5. The van der Waals surface area contributed by atoms with Gasteiger partial charge in [0, 0.05) is 13.1 Å². The minimum absolute atomic E-state index is 0. The Morgan fingerprint density at radius 3 is 2.23 bits per heavy atom. The first-order chi connectivity index (χ1) is 10.2. The van der Waals surface area contributed by atoms with E-state index in [0.717, 1.165) is 43.8 Å². The van der Waals surface area contributed by atoms with E-state index in [1.54, 1.807) is 0 Å². The molecule has 2 N–H and O–H groups in total. The Morgan fingerprint density at radius 2 is 1.68 bits per heavy atom. The molecule has 1 amide bonds. The maximum absolute atomic E-state index is 13.3. The van der Waals surface area contributed by atoms with Crippen LogP contribution in [0.15, 0.2) is 0 Å². The number of nitrogens with two attached hydrogens (primary N) is 1. The summed E-state index contributed by atoms with van der Waals surface area (Å²) in [7, 11) is 0. The van der Waals surface area contributed by atoms with Gasteiger partial charge in [0.2, 0.25) is 5.91 Å². The predicted molar refractivity (Wildman–Crippen MR) is 90.8 cm³/mol. The van der Waals surface area contributed by atoms with Gasteiger partial charge in [-0.15, -0.1) is 12.4 Å². The Kier molecular flexibility index (Phi) is 4.76. The van der Waals surface area contributed by atoms with Crippen molar-refractivity contribution in [3.63, 3.8) is 0 Å². The average molecular weight is 327 g/mol. The van der Waals surface area contributed by atoms with Crippen molar-refractivity contribution in [2.24, 2.45) is 34.8 Å². The molecule has 1 atom stereocenters. The van der Waals surface area contributed by atoms with E-state index in [1.807, 2.05) is 0 Å². The molecule has 4 bridgehead atoms. The number of piperidine rings is 1. The second-order valence-electron chi connectivity index (χ2n) is 8.53. The first-order valence-corrected chi connectivity index (χ1v) is 9.18. The molecule has 0 aromatic heterocycles. The lowest BCUT2D eigenvalue weighted by atomic mass is 9.49. The number of hydrogen-bond acceptors (Lipinski definition) is 2. The van der Waals surface area contributed by atoms with Crippen LogP contribution in [0, 0.1) is 29.1 Å². The molecule has 0 spiro atoms. The van der Waals surface area contributed by atoms with Gasteiger partial charge in [-0.3, -0.25) is 4.79 Å². The van der Waals surface area contributed by atoms with E-state index < -0.39 is 0 Å². The van der Waals surface area contributed by atoms with Crippen LogP contribution in [0.3, 0.4) is 0 Å². The van der Waals surface area contributed by atoms with Gasteiger partial charge in [-0.05, 0) is 88.0 Å². The molecular weight excluding hydrogens is 296 g/mol. The van der Waals surface area contributed by atoms with Gasteiger partial charge < -0.3 is 10.6 Å². The van der Waals surface area contributed by atoms with Gasteiger partial charge in [0.25, 0.3) is 0 Å². The average Bonchev–Trinajstić information content (AvgIpc) is 2.46. The fourth-order valence-corrected chi connectivity index (χ4v) is 6.43. The third-order valence-electron chi connectivity index (χ3n) is 6.87. The molecular formula is C18H31ClN2O. The molecule has 4 heteroatoms. The van der Waals surface area contributed by atoms with Crippen LogP contribution in [0.1, 0.15) is 57.8 Å². The van der Waals surface area contributed by atoms with Crippen LogP contribution >= 0.6 is 12.4 Å². The first-order valence-electron chi connectivity index (χ1n) is 9.18. The summed E-state index contributed by atoms with van der Waals surface area (Å²) < 4.78 is 0. The van der Waals surface area contributed by atoms with Crippen LogP contribution in [0.2, 0.25) is 0 Å². The number of hydrogen-bond donors (Lipinski definition) is 1. The standard InChI is InChI=1S/C18H30N2O.ClH/c19-4-3-13-2-1-5-20(12-13)17(21)18-9-14-6-15(10-18)8-16(7-14)11-18;/h13-16H,1-12,19H2;1H. The molecule has 1 heterocycles. The Balaban J connectivity index is 0.00000144. The van der Waals surface area contributed by atoms with Gasteiger partial charge in [0.05, 0.1) is 5.41 Å². The highest BCUT2D eigenvalue weighted by Gasteiger charge is 2.55. The smallest absolute Gasteiger partial charge is 0.228 e. The quantitative estimate of drug-likeness (QED) is 0.865. The molecule has 5 rings (SSSR count). The van der Waals surface area contributed by atoms with Crippen molar-refractivity contribution in [1.82, 2.24) is 4.90 Å². The fourth-order valence-electron chi connectivity index (χ4n) is 6.43. The van der Waals surface area contributed by atoms with Crippen molar-refractivity contribution >= 4 is 18.3 Å². The summed E-state index contributed by atoms with van der Waals surface area (Å²) in [6, 6.07) is 0. The van der Waals surface area contributed by atoms with E-state index in [-0.39, 0.29) is 17.8 Å². The molecule has 1 unspecified atom stereocenters. The molecule has 3 nitrogen and oxygen atoms in total. The lowest BCUT2D eigenvalue weighted by Crippen LogP contribution is -2.56. The normalized spacial score (nSPS) is 43.0. The third-order valence-corrected chi connectivity index (χ3v) is 6.87. The van der Waals surface area contributed by atoms with E-state index in [4.69, 9.17) is 5.73 Å². The molecule has 4 aliphatic carbocycles. The zero-order valence-electron chi connectivity index (χ0n) is 13.6. The van der Waals surface area contributed by atoms with E-state index in [0.29, 0.717) is 11.8 Å². The van der Waals surface area contributed by atoms with Crippen LogP contribution in [0.25, 0.3) is 0 Å². The molecule has 5 fully saturated rings. The van der Waals surface area contributed by atoms with Crippen molar-refractivity contribution in [1.29, 1.82) is 0 Å². The molecule has 22 heavy (non-hydrogen) atoms. The summed E-state index contributed by atoms with van der Waals surface area (Å²) in [5.74, 6) is 3.78. The maximum atomic E-state index is 13.3. The van der Waals surface area contributed by atoms with Crippen molar-refractivity contribution in [2.45, 2.75) is 57.8 Å². The Hall–Kier alpha value is -0.280. The fraction of sp³-hybridized carbons (Fsp3) is 0.944. The first kappa shape index (κ1) is 16.6. The Morgan fingerprint density at radius 1 is 1.09 bits per heavy atom. The zero-order chi connectivity index (χ0) is 14.4. The molecule has 0 radical (unpaired) electrons.